The number of esters is 1. The molecule has 0 aliphatic heterocycles. The largest absolute Gasteiger partial charge is 0.454 e. The zero-order chi connectivity index (χ0) is 18.4. The molecule has 7 heteroatoms. The average molecular weight is 374 g/mol. The van der Waals surface area contributed by atoms with Crippen LogP contribution in [0.5, 0.6) is 0 Å². The van der Waals surface area contributed by atoms with Gasteiger partial charge in [-0.2, -0.15) is 0 Å². The molecule has 1 aliphatic carbocycles. The van der Waals surface area contributed by atoms with Crippen molar-refractivity contribution >= 4 is 28.3 Å². The number of rotatable bonds is 7. The molecule has 0 unspecified atom stereocenters. The van der Waals surface area contributed by atoms with E-state index in [4.69, 9.17) is 14.5 Å². The molecule has 0 bridgehead atoms. The minimum Gasteiger partial charge on any atom is -0.454 e. The lowest BCUT2D eigenvalue weighted by Crippen LogP contribution is -2.34. The van der Waals surface area contributed by atoms with E-state index in [0.717, 1.165) is 36.9 Å². The molecule has 1 aliphatic rings. The van der Waals surface area contributed by atoms with Gasteiger partial charge in [0.05, 0.1) is 12.2 Å². The van der Waals surface area contributed by atoms with Crippen LogP contribution >= 0.6 is 11.3 Å². The molecule has 0 spiro atoms. The second-order valence-corrected chi connectivity index (χ2v) is 7.19. The molecule has 0 radical (unpaired) electrons. The van der Waals surface area contributed by atoms with E-state index in [1.807, 2.05) is 30.3 Å². The van der Waals surface area contributed by atoms with Gasteiger partial charge in [0, 0.05) is 12.0 Å². The number of thiazole rings is 1. The molecule has 1 amide bonds. The molecule has 0 fully saturated rings. The summed E-state index contributed by atoms with van der Waals surface area (Å²) in [5.41, 5.74) is 2.09. The summed E-state index contributed by atoms with van der Waals surface area (Å²) < 4.78 is 9.73. The van der Waals surface area contributed by atoms with Gasteiger partial charge in [-0.15, -0.1) is 11.3 Å². The molecule has 6 nitrogen and oxygen atoms in total. The van der Waals surface area contributed by atoms with E-state index in [9.17, 15) is 9.59 Å². The van der Waals surface area contributed by atoms with Crippen molar-refractivity contribution in [2.75, 3.05) is 25.2 Å². The minimum absolute atomic E-state index is 0.169. The highest BCUT2D eigenvalue weighted by Gasteiger charge is 2.24. The van der Waals surface area contributed by atoms with Crippen LogP contribution in [-0.4, -0.2) is 37.2 Å². The third-order valence-corrected chi connectivity index (χ3v) is 5.35. The Morgan fingerprint density at radius 1 is 1.15 bits per heavy atom. The number of aryl methyl sites for hydroxylation is 2. The summed E-state index contributed by atoms with van der Waals surface area (Å²) in [6.07, 6.45) is 4.28. The lowest BCUT2D eigenvalue weighted by atomic mass is 10.0. The smallest absolute Gasteiger partial charge is 0.332 e. The molecule has 2 aromatic rings. The number of hydrogen-bond acceptors (Lipinski definition) is 6. The van der Waals surface area contributed by atoms with Crippen LogP contribution in [0.3, 0.4) is 0 Å². The van der Waals surface area contributed by atoms with E-state index in [0.29, 0.717) is 11.7 Å². The second-order valence-electron chi connectivity index (χ2n) is 6.13. The third-order valence-electron chi connectivity index (χ3n) is 4.17. The van der Waals surface area contributed by atoms with Crippen LogP contribution in [-0.2, 0) is 38.4 Å². The van der Waals surface area contributed by atoms with Gasteiger partial charge < -0.3 is 9.47 Å². The fraction of sp³-hybridized carbons (Fsp3) is 0.421. The number of carbonyl (C=O) groups is 2. The van der Waals surface area contributed by atoms with Gasteiger partial charge in [-0.25, -0.2) is 9.78 Å². The molecule has 0 saturated carbocycles. The number of fused-ring (bicyclic) bond motifs is 1. The van der Waals surface area contributed by atoms with Gasteiger partial charge in [0.25, 0.3) is 5.91 Å². The van der Waals surface area contributed by atoms with Crippen molar-refractivity contribution in [2.24, 2.45) is 0 Å². The summed E-state index contributed by atoms with van der Waals surface area (Å²) in [6.45, 7) is -0.0926. The molecule has 1 aromatic heterocycles. The number of anilines is 1. The van der Waals surface area contributed by atoms with Crippen LogP contribution in [0.2, 0.25) is 0 Å². The Morgan fingerprint density at radius 2 is 1.92 bits per heavy atom. The Morgan fingerprint density at radius 3 is 2.65 bits per heavy atom. The lowest BCUT2D eigenvalue weighted by molar-refractivity contribution is -0.151. The quantitative estimate of drug-likeness (QED) is 0.697. The Hall–Kier alpha value is -2.25. The van der Waals surface area contributed by atoms with E-state index >= 15 is 0 Å². The second kappa shape index (κ2) is 8.91. The first-order valence-electron chi connectivity index (χ1n) is 8.65. The van der Waals surface area contributed by atoms with Crippen LogP contribution < -0.4 is 4.90 Å². The zero-order valence-corrected chi connectivity index (χ0v) is 15.6. The molecule has 0 atom stereocenters. The lowest BCUT2D eigenvalue weighted by Gasteiger charge is -2.20. The average Bonchev–Trinajstić information content (AvgIpc) is 3.09. The van der Waals surface area contributed by atoms with Gasteiger partial charge >= 0.3 is 5.97 Å². The van der Waals surface area contributed by atoms with Crippen molar-refractivity contribution in [1.82, 2.24) is 4.98 Å². The van der Waals surface area contributed by atoms with Crippen molar-refractivity contribution < 1.29 is 19.1 Å². The first-order valence-corrected chi connectivity index (χ1v) is 9.46. The number of nitrogens with zero attached hydrogens (tertiary/aromatic N) is 2. The number of methoxy groups -OCH3 is 1. The zero-order valence-electron chi connectivity index (χ0n) is 14.8. The van der Waals surface area contributed by atoms with E-state index in [2.05, 4.69) is 0 Å². The van der Waals surface area contributed by atoms with E-state index in [1.165, 1.54) is 12.0 Å². The minimum atomic E-state index is -0.557. The summed E-state index contributed by atoms with van der Waals surface area (Å²) in [6, 6.07) is 9.73. The summed E-state index contributed by atoms with van der Waals surface area (Å²) >= 11 is 1.56. The molecule has 0 N–H and O–H groups in total. The number of benzene rings is 1. The summed E-state index contributed by atoms with van der Waals surface area (Å²) in [5.74, 6) is -0.844. The van der Waals surface area contributed by atoms with Crippen molar-refractivity contribution in [3.63, 3.8) is 0 Å². The first-order chi connectivity index (χ1) is 12.7. The Labute approximate surface area is 156 Å². The highest BCUT2D eigenvalue weighted by Crippen LogP contribution is 2.32. The van der Waals surface area contributed by atoms with Crippen molar-refractivity contribution in [1.29, 1.82) is 0 Å². The highest BCUT2D eigenvalue weighted by molar-refractivity contribution is 7.15. The fourth-order valence-corrected chi connectivity index (χ4v) is 4.03. The monoisotopic (exact) mass is 374 g/mol. The summed E-state index contributed by atoms with van der Waals surface area (Å²) in [4.78, 5) is 31.8. The number of aromatic nitrogens is 1. The van der Waals surface area contributed by atoms with E-state index in [-0.39, 0.29) is 19.1 Å². The normalized spacial score (nSPS) is 13.1. The maximum absolute atomic E-state index is 12.7. The number of hydrogen-bond donors (Lipinski definition) is 0. The molecular weight excluding hydrogens is 352 g/mol. The van der Waals surface area contributed by atoms with Gasteiger partial charge in [-0.3, -0.25) is 9.69 Å². The third kappa shape index (κ3) is 4.68. The molecule has 138 valence electrons. The van der Waals surface area contributed by atoms with Crippen LogP contribution in [0.15, 0.2) is 30.3 Å². The van der Waals surface area contributed by atoms with Gasteiger partial charge in [0.15, 0.2) is 11.7 Å². The molecule has 26 heavy (non-hydrogen) atoms. The van der Waals surface area contributed by atoms with Crippen LogP contribution in [0.1, 0.15) is 29.0 Å². The molecule has 0 saturated heterocycles. The van der Waals surface area contributed by atoms with Crippen LogP contribution in [0, 0.1) is 0 Å². The van der Waals surface area contributed by atoms with Gasteiger partial charge in [-0.05, 0) is 31.2 Å². The number of amides is 1. The molecule has 3 rings (SSSR count). The fourth-order valence-electron chi connectivity index (χ4n) is 2.86. The highest BCUT2D eigenvalue weighted by atomic mass is 32.1. The molecule has 1 aromatic carbocycles. The number of ether oxygens (including phenoxy) is 2. The molecule has 1 heterocycles. The topological polar surface area (TPSA) is 68.7 Å². The summed E-state index contributed by atoms with van der Waals surface area (Å²) in [7, 11) is 1.41. The van der Waals surface area contributed by atoms with Crippen molar-refractivity contribution in [3.8, 4) is 0 Å². The van der Waals surface area contributed by atoms with Crippen molar-refractivity contribution in [3.05, 3.63) is 46.5 Å². The van der Waals surface area contributed by atoms with Gasteiger partial charge in [-0.1, -0.05) is 30.3 Å². The summed E-state index contributed by atoms with van der Waals surface area (Å²) in [5, 5.41) is 0.675. The number of carbonyl (C=O) groups excluding carboxylic acids is 2. The maximum atomic E-state index is 12.7. The maximum Gasteiger partial charge on any atom is 0.332 e. The first kappa shape index (κ1) is 18.5. The van der Waals surface area contributed by atoms with Gasteiger partial charge in [0.2, 0.25) is 0 Å². The van der Waals surface area contributed by atoms with Crippen molar-refractivity contribution in [2.45, 2.75) is 32.2 Å². The van der Waals surface area contributed by atoms with Crippen LogP contribution in [0.25, 0.3) is 0 Å². The Bertz CT molecular complexity index is 737. The molecular formula is C19H22N2O4S. The predicted molar refractivity (Wildman–Crippen MR) is 99.2 cm³/mol. The standard InChI is InChI=1S/C19H22N2O4S/c1-24-13-18(23)25-12-17(22)21(11-14-7-3-2-4-8-14)19-20-15-9-5-6-10-16(15)26-19/h2-4,7-8H,5-6,9-13H2,1H3. The predicted octanol–water partition coefficient (Wildman–Crippen LogP) is 2.74. The van der Waals surface area contributed by atoms with E-state index < -0.39 is 5.97 Å². The van der Waals surface area contributed by atoms with Crippen LogP contribution in [0.4, 0.5) is 5.13 Å². The SMILES string of the molecule is COCC(=O)OCC(=O)N(Cc1ccccc1)c1nc2c(s1)CCCC2. The van der Waals surface area contributed by atoms with E-state index in [1.54, 1.807) is 16.2 Å². The Balaban J connectivity index is 1.78. The van der Waals surface area contributed by atoms with Gasteiger partial charge in [0.1, 0.15) is 6.61 Å². The Kier molecular flexibility index (Phi) is 6.35.